The largest absolute Gasteiger partial charge is 0.461 e. The van der Waals surface area contributed by atoms with E-state index in [1.165, 1.54) is 11.8 Å². The fourth-order valence-electron chi connectivity index (χ4n) is 3.15. The first-order chi connectivity index (χ1) is 12.7. The summed E-state index contributed by atoms with van der Waals surface area (Å²) in [7, 11) is 1.84. The average molecular weight is 366 g/mol. The van der Waals surface area contributed by atoms with E-state index in [0.29, 0.717) is 17.5 Å². The molecule has 7 heteroatoms. The van der Waals surface area contributed by atoms with Crippen LogP contribution in [0.25, 0.3) is 11.4 Å². The first kappa shape index (κ1) is 16.8. The van der Waals surface area contributed by atoms with Crippen molar-refractivity contribution >= 4 is 17.7 Å². The van der Waals surface area contributed by atoms with Gasteiger partial charge < -0.3 is 4.74 Å². The van der Waals surface area contributed by atoms with Crippen LogP contribution in [0.5, 0.6) is 0 Å². The Morgan fingerprint density at radius 1 is 1.27 bits per heavy atom. The van der Waals surface area contributed by atoms with Crippen LogP contribution in [0.15, 0.2) is 46.6 Å². The minimum atomic E-state index is -0.374. The van der Waals surface area contributed by atoms with Crippen LogP contribution < -0.4 is 0 Å². The molecule has 0 spiro atoms. The highest BCUT2D eigenvalue weighted by Gasteiger charge is 2.29. The second-order valence-electron chi connectivity index (χ2n) is 5.96. The molecule has 1 aromatic carbocycles. The zero-order valence-corrected chi connectivity index (χ0v) is 15.4. The molecule has 4 rings (SSSR count). The SMILES string of the molecule is CCOC(=O)c1nn(C)c2c1CCc1cnc(Sc3ccccc3)nc1-2. The molecule has 0 aliphatic heterocycles. The molecule has 3 aromatic rings. The Morgan fingerprint density at radius 2 is 2.08 bits per heavy atom. The summed E-state index contributed by atoms with van der Waals surface area (Å²) in [5, 5.41) is 5.08. The third-order valence-electron chi connectivity index (χ3n) is 4.28. The molecule has 2 heterocycles. The second-order valence-corrected chi connectivity index (χ2v) is 7.00. The molecule has 0 saturated heterocycles. The van der Waals surface area contributed by atoms with Gasteiger partial charge in [0.05, 0.1) is 18.0 Å². The van der Waals surface area contributed by atoms with E-state index in [4.69, 9.17) is 9.72 Å². The molecular weight excluding hydrogens is 348 g/mol. The van der Waals surface area contributed by atoms with Crippen LogP contribution in [0.3, 0.4) is 0 Å². The van der Waals surface area contributed by atoms with E-state index in [1.54, 1.807) is 11.6 Å². The van der Waals surface area contributed by atoms with Gasteiger partial charge >= 0.3 is 5.97 Å². The lowest BCUT2D eigenvalue weighted by molar-refractivity contribution is 0.0517. The number of aryl methyl sites for hydroxylation is 2. The number of ether oxygens (including phenoxy) is 1. The number of hydrogen-bond donors (Lipinski definition) is 0. The number of aromatic nitrogens is 4. The Labute approximate surface area is 155 Å². The zero-order valence-electron chi connectivity index (χ0n) is 14.6. The lowest BCUT2D eigenvalue weighted by Gasteiger charge is -2.17. The number of hydrogen-bond acceptors (Lipinski definition) is 6. The number of nitrogens with zero attached hydrogens (tertiary/aromatic N) is 4. The number of fused-ring (bicyclic) bond motifs is 3. The highest BCUT2D eigenvalue weighted by Crippen LogP contribution is 2.35. The summed E-state index contributed by atoms with van der Waals surface area (Å²) in [6.07, 6.45) is 3.41. The molecule has 26 heavy (non-hydrogen) atoms. The topological polar surface area (TPSA) is 69.9 Å². The third kappa shape index (κ3) is 2.99. The summed E-state index contributed by atoms with van der Waals surface area (Å²) in [6, 6.07) is 10.0. The molecule has 0 N–H and O–H groups in total. The Kier molecular flexibility index (Phi) is 4.46. The zero-order chi connectivity index (χ0) is 18.1. The predicted molar refractivity (Wildman–Crippen MR) is 98.2 cm³/mol. The van der Waals surface area contributed by atoms with Crippen molar-refractivity contribution in [3.8, 4) is 11.4 Å². The lowest BCUT2D eigenvalue weighted by Crippen LogP contribution is -2.12. The molecule has 0 amide bonds. The van der Waals surface area contributed by atoms with Gasteiger partial charge in [-0.05, 0) is 49.2 Å². The maximum Gasteiger partial charge on any atom is 0.359 e. The maximum atomic E-state index is 12.2. The number of rotatable bonds is 4. The van der Waals surface area contributed by atoms with Crippen molar-refractivity contribution in [2.45, 2.75) is 29.8 Å². The summed E-state index contributed by atoms with van der Waals surface area (Å²) >= 11 is 1.52. The Hall–Kier alpha value is -2.67. The molecule has 1 aliphatic rings. The summed E-state index contributed by atoms with van der Waals surface area (Å²) in [4.78, 5) is 22.6. The summed E-state index contributed by atoms with van der Waals surface area (Å²) < 4.78 is 6.87. The number of benzene rings is 1. The van der Waals surface area contributed by atoms with Crippen LogP contribution in [-0.4, -0.2) is 32.3 Å². The molecule has 0 atom stereocenters. The van der Waals surface area contributed by atoms with Crippen molar-refractivity contribution < 1.29 is 9.53 Å². The van der Waals surface area contributed by atoms with E-state index < -0.39 is 0 Å². The van der Waals surface area contributed by atoms with Gasteiger partial charge in [0.25, 0.3) is 0 Å². The summed E-state index contributed by atoms with van der Waals surface area (Å²) in [6.45, 7) is 2.13. The van der Waals surface area contributed by atoms with E-state index in [2.05, 4.69) is 10.1 Å². The van der Waals surface area contributed by atoms with E-state index >= 15 is 0 Å². The number of esters is 1. The molecule has 0 unspecified atom stereocenters. The van der Waals surface area contributed by atoms with Gasteiger partial charge in [-0.15, -0.1) is 0 Å². The quantitative estimate of drug-likeness (QED) is 0.521. The minimum Gasteiger partial charge on any atom is -0.461 e. The van der Waals surface area contributed by atoms with Crippen molar-refractivity contribution in [1.82, 2.24) is 19.7 Å². The Balaban J connectivity index is 1.74. The van der Waals surface area contributed by atoms with Crippen LogP contribution in [-0.2, 0) is 24.6 Å². The van der Waals surface area contributed by atoms with E-state index in [0.717, 1.165) is 40.3 Å². The van der Waals surface area contributed by atoms with Crippen molar-refractivity contribution in [2.75, 3.05) is 6.61 Å². The fraction of sp³-hybridized carbons (Fsp3) is 0.263. The molecule has 6 nitrogen and oxygen atoms in total. The van der Waals surface area contributed by atoms with Crippen LogP contribution >= 0.6 is 11.8 Å². The van der Waals surface area contributed by atoms with Crippen molar-refractivity contribution in [2.24, 2.45) is 7.05 Å². The molecule has 0 saturated carbocycles. The van der Waals surface area contributed by atoms with Gasteiger partial charge in [-0.25, -0.2) is 14.8 Å². The predicted octanol–water partition coefficient (Wildman–Crippen LogP) is 3.30. The minimum absolute atomic E-state index is 0.334. The average Bonchev–Trinajstić information content (AvgIpc) is 3.00. The molecule has 0 radical (unpaired) electrons. The van der Waals surface area contributed by atoms with Crippen LogP contribution in [0.1, 0.15) is 28.5 Å². The van der Waals surface area contributed by atoms with Crippen LogP contribution in [0.4, 0.5) is 0 Å². The second kappa shape index (κ2) is 6.92. The molecule has 2 aromatic heterocycles. The normalized spacial score (nSPS) is 12.4. The van der Waals surface area contributed by atoms with Gasteiger partial charge in [-0.3, -0.25) is 4.68 Å². The monoisotopic (exact) mass is 366 g/mol. The number of carbonyl (C=O) groups is 1. The van der Waals surface area contributed by atoms with Gasteiger partial charge in [0, 0.05) is 23.7 Å². The third-order valence-corrected chi connectivity index (χ3v) is 5.16. The van der Waals surface area contributed by atoms with Gasteiger partial charge in [0.1, 0.15) is 0 Å². The molecule has 132 valence electrons. The van der Waals surface area contributed by atoms with Gasteiger partial charge in [-0.2, -0.15) is 5.10 Å². The van der Waals surface area contributed by atoms with Crippen molar-refractivity contribution in [3.63, 3.8) is 0 Å². The highest BCUT2D eigenvalue weighted by atomic mass is 32.2. The fourth-order valence-corrected chi connectivity index (χ4v) is 3.89. The molecule has 1 aliphatic carbocycles. The Bertz CT molecular complexity index is 969. The van der Waals surface area contributed by atoms with Crippen LogP contribution in [0, 0.1) is 0 Å². The summed E-state index contributed by atoms with van der Waals surface area (Å²) in [5.74, 6) is -0.374. The van der Waals surface area contributed by atoms with E-state index in [1.807, 2.05) is 43.6 Å². The first-order valence-electron chi connectivity index (χ1n) is 8.49. The standard InChI is InChI=1S/C19H18N4O2S/c1-3-25-18(24)16-14-10-9-12-11-20-19(26-13-7-5-4-6-8-13)21-15(12)17(14)23(2)22-16/h4-8,11H,3,9-10H2,1-2H3. The van der Waals surface area contributed by atoms with Crippen molar-refractivity contribution in [3.05, 3.63) is 53.3 Å². The summed E-state index contributed by atoms with van der Waals surface area (Å²) in [5.41, 5.74) is 4.11. The van der Waals surface area contributed by atoms with Gasteiger partial charge in [0.2, 0.25) is 0 Å². The maximum absolute atomic E-state index is 12.2. The molecular formula is C19H18N4O2S. The smallest absolute Gasteiger partial charge is 0.359 e. The van der Waals surface area contributed by atoms with Crippen molar-refractivity contribution in [1.29, 1.82) is 0 Å². The molecule has 0 fully saturated rings. The number of carbonyl (C=O) groups excluding carboxylic acids is 1. The van der Waals surface area contributed by atoms with E-state index in [-0.39, 0.29) is 5.97 Å². The first-order valence-corrected chi connectivity index (χ1v) is 9.31. The van der Waals surface area contributed by atoms with Gasteiger partial charge in [0.15, 0.2) is 10.9 Å². The highest BCUT2D eigenvalue weighted by molar-refractivity contribution is 7.99. The van der Waals surface area contributed by atoms with E-state index in [9.17, 15) is 4.79 Å². The van der Waals surface area contributed by atoms with Crippen LogP contribution in [0.2, 0.25) is 0 Å². The molecule has 0 bridgehead atoms. The lowest BCUT2D eigenvalue weighted by atomic mass is 9.93. The Morgan fingerprint density at radius 3 is 2.85 bits per heavy atom. The van der Waals surface area contributed by atoms with Gasteiger partial charge in [-0.1, -0.05) is 18.2 Å².